The SMILES string of the molecule is CN=C(NCCCN1CCN(c2ccccc2)CC1)NC1CCN(C2CCCC2)C1. The number of rotatable bonds is 7. The van der Waals surface area contributed by atoms with Crippen LogP contribution in [0.25, 0.3) is 0 Å². The number of para-hydroxylation sites is 1. The van der Waals surface area contributed by atoms with Crippen LogP contribution in [0.15, 0.2) is 35.3 Å². The predicted octanol–water partition coefficient (Wildman–Crippen LogP) is 2.38. The highest BCUT2D eigenvalue weighted by molar-refractivity contribution is 5.80. The molecule has 3 fully saturated rings. The molecule has 0 radical (unpaired) electrons. The second-order valence-electron chi connectivity index (χ2n) is 9.08. The highest BCUT2D eigenvalue weighted by Gasteiger charge is 2.30. The Morgan fingerprint density at radius 3 is 2.50 bits per heavy atom. The predicted molar refractivity (Wildman–Crippen MR) is 126 cm³/mol. The number of anilines is 1. The number of hydrogen-bond acceptors (Lipinski definition) is 4. The second kappa shape index (κ2) is 11.0. The maximum absolute atomic E-state index is 4.46. The molecule has 166 valence electrons. The summed E-state index contributed by atoms with van der Waals surface area (Å²) in [5.41, 5.74) is 1.35. The molecule has 30 heavy (non-hydrogen) atoms. The summed E-state index contributed by atoms with van der Waals surface area (Å²) < 4.78 is 0. The molecule has 1 aromatic carbocycles. The van der Waals surface area contributed by atoms with Crippen molar-refractivity contribution >= 4 is 11.6 Å². The van der Waals surface area contributed by atoms with Gasteiger partial charge < -0.3 is 15.5 Å². The topological polar surface area (TPSA) is 46.1 Å². The van der Waals surface area contributed by atoms with Crippen LogP contribution in [0, 0.1) is 0 Å². The number of nitrogens with zero attached hydrogens (tertiary/aromatic N) is 4. The highest BCUT2D eigenvalue weighted by Crippen LogP contribution is 2.26. The van der Waals surface area contributed by atoms with Crippen molar-refractivity contribution in [2.75, 3.05) is 64.3 Å². The third-order valence-corrected chi connectivity index (χ3v) is 7.06. The van der Waals surface area contributed by atoms with Crippen molar-refractivity contribution in [2.24, 2.45) is 4.99 Å². The van der Waals surface area contributed by atoms with E-state index in [1.807, 2.05) is 7.05 Å². The highest BCUT2D eigenvalue weighted by atomic mass is 15.3. The van der Waals surface area contributed by atoms with Gasteiger partial charge >= 0.3 is 0 Å². The number of likely N-dealkylation sites (tertiary alicyclic amines) is 1. The summed E-state index contributed by atoms with van der Waals surface area (Å²) in [5.74, 6) is 0.974. The van der Waals surface area contributed by atoms with Crippen molar-refractivity contribution in [3.8, 4) is 0 Å². The van der Waals surface area contributed by atoms with E-state index in [9.17, 15) is 0 Å². The maximum Gasteiger partial charge on any atom is 0.191 e. The van der Waals surface area contributed by atoms with Crippen molar-refractivity contribution in [1.82, 2.24) is 20.4 Å². The van der Waals surface area contributed by atoms with Gasteiger partial charge in [0.05, 0.1) is 0 Å². The Balaban J connectivity index is 1.09. The van der Waals surface area contributed by atoms with Gasteiger partial charge in [-0.15, -0.1) is 0 Å². The zero-order chi connectivity index (χ0) is 20.6. The lowest BCUT2D eigenvalue weighted by Crippen LogP contribution is -2.48. The third-order valence-electron chi connectivity index (χ3n) is 7.06. The summed E-state index contributed by atoms with van der Waals surface area (Å²) in [5, 5.41) is 7.20. The molecule has 1 atom stereocenters. The molecule has 2 aliphatic heterocycles. The van der Waals surface area contributed by atoms with Crippen molar-refractivity contribution in [2.45, 2.75) is 50.6 Å². The molecule has 4 rings (SSSR count). The number of hydrogen-bond donors (Lipinski definition) is 2. The van der Waals surface area contributed by atoms with Crippen LogP contribution in [-0.2, 0) is 0 Å². The van der Waals surface area contributed by atoms with E-state index in [4.69, 9.17) is 0 Å². The zero-order valence-corrected chi connectivity index (χ0v) is 18.7. The van der Waals surface area contributed by atoms with Crippen LogP contribution in [0.3, 0.4) is 0 Å². The van der Waals surface area contributed by atoms with Crippen LogP contribution >= 0.6 is 0 Å². The molecule has 0 amide bonds. The van der Waals surface area contributed by atoms with Gasteiger partial charge in [0.2, 0.25) is 0 Å². The van der Waals surface area contributed by atoms with Crippen LogP contribution in [0.4, 0.5) is 5.69 Å². The lowest BCUT2D eigenvalue weighted by Gasteiger charge is -2.36. The number of aliphatic imine (C=N–C) groups is 1. The Bertz CT molecular complexity index is 649. The second-order valence-corrected chi connectivity index (χ2v) is 9.08. The van der Waals surface area contributed by atoms with E-state index in [2.05, 4.69) is 60.7 Å². The molecule has 6 heteroatoms. The van der Waals surface area contributed by atoms with Crippen LogP contribution in [0.2, 0.25) is 0 Å². The molecule has 6 nitrogen and oxygen atoms in total. The molecule has 2 heterocycles. The third kappa shape index (κ3) is 5.88. The normalized spacial score (nSPS) is 24.5. The fraction of sp³-hybridized carbons (Fsp3) is 0.708. The van der Waals surface area contributed by atoms with Crippen LogP contribution in [0.1, 0.15) is 38.5 Å². The smallest absolute Gasteiger partial charge is 0.191 e. The van der Waals surface area contributed by atoms with Gasteiger partial charge in [-0.05, 0) is 44.4 Å². The van der Waals surface area contributed by atoms with Gasteiger partial charge in [0.15, 0.2) is 5.96 Å². The minimum absolute atomic E-state index is 0.544. The van der Waals surface area contributed by atoms with E-state index < -0.39 is 0 Å². The van der Waals surface area contributed by atoms with Crippen LogP contribution in [-0.4, -0.2) is 87.2 Å². The van der Waals surface area contributed by atoms with Crippen molar-refractivity contribution < 1.29 is 0 Å². The minimum atomic E-state index is 0.544. The Morgan fingerprint density at radius 2 is 1.77 bits per heavy atom. The first kappa shape index (κ1) is 21.4. The summed E-state index contributed by atoms with van der Waals surface area (Å²) in [6.45, 7) is 9.12. The summed E-state index contributed by atoms with van der Waals surface area (Å²) in [4.78, 5) is 12.2. The number of benzene rings is 1. The molecule has 0 spiro atoms. The first-order chi connectivity index (χ1) is 14.8. The molecular weight excluding hydrogens is 372 g/mol. The molecule has 0 aromatic heterocycles. The molecule has 1 aliphatic carbocycles. The van der Waals surface area contributed by atoms with Crippen molar-refractivity contribution in [3.05, 3.63) is 30.3 Å². The van der Waals surface area contributed by atoms with E-state index in [0.717, 1.165) is 57.7 Å². The number of guanidine groups is 1. The molecule has 1 unspecified atom stereocenters. The van der Waals surface area contributed by atoms with Gasteiger partial charge in [-0.1, -0.05) is 31.0 Å². The zero-order valence-electron chi connectivity index (χ0n) is 18.7. The summed E-state index contributed by atoms with van der Waals surface area (Å²) in [6, 6.07) is 12.2. The van der Waals surface area contributed by atoms with Crippen LogP contribution in [0.5, 0.6) is 0 Å². The fourth-order valence-corrected chi connectivity index (χ4v) is 5.27. The van der Waals surface area contributed by atoms with Gasteiger partial charge in [-0.3, -0.25) is 14.8 Å². The average Bonchev–Trinajstić information content (AvgIpc) is 3.49. The average molecular weight is 413 g/mol. The minimum Gasteiger partial charge on any atom is -0.369 e. The van der Waals surface area contributed by atoms with E-state index in [0.29, 0.717) is 6.04 Å². The monoisotopic (exact) mass is 412 g/mol. The lowest BCUT2D eigenvalue weighted by atomic mass is 10.2. The molecular formula is C24H40N6. The quantitative estimate of drug-likeness (QED) is 0.409. The number of nitrogens with one attached hydrogen (secondary N) is 2. The largest absolute Gasteiger partial charge is 0.369 e. The Labute approximate surface area is 182 Å². The van der Waals surface area contributed by atoms with Crippen LogP contribution < -0.4 is 15.5 Å². The number of piperazine rings is 1. The lowest BCUT2D eigenvalue weighted by molar-refractivity contribution is 0.242. The van der Waals surface area contributed by atoms with Gasteiger partial charge in [0, 0.05) is 70.6 Å². The molecule has 2 saturated heterocycles. The summed E-state index contributed by atoms with van der Waals surface area (Å²) in [7, 11) is 1.89. The van der Waals surface area contributed by atoms with Gasteiger partial charge in [-0.2, -0.15) is 0 Å². The van der Waals surface area contributed by atoms with E-state index >= 15 is 0 Å². The fourth-order valence-electron chi connectivity index (χ4n) is 5.27. The van der Waals surface area contributed by atoms with Gasteiger partial charge in [-0.25, -0.2) is 0 Å². The summed E-state index contributed by atoms with van der Waals surface area (Å²) >= 11 is 0. The molecule has 0 bridgehead atoms. The Hall–Kier alpha value is -1.79. The Kier molecular flexibility index (Phi) is 7.87. The van der Waals surface area contributed by atoms with Crippen molar-refractivity contribution in [1.29, 1.82) is 0 Å². The van der Waals surface area contributed by atoms with Gasteiger partial charge in [0.25, 0.3) is 0 Å². The molecule has 2 N–H and O–H groups in total. The van der Waals surface area contributed by atoms with E-state index in [1.54, 1.807) is 0 Å². The summed E-state index contributed by atoms with van der Waals surface area (Å²) in [6.07, 6.45) is 8.04. The molecule has 3 aliphatic rings. The standard InChI is InChI=1S/C24H40N6/c1-25-24(27-21-12-15-30(20-21)23-10-5-6-11-23)26-13-7-14-28-16-18-29(19-17-28)22-8-3-2-4-9-22/h2-4,8-9,21,23H,5-7,10-20H2,1H3,(H2,25,26,27). The maximum atomic E-state index is 4.46. The Morgan fingerprint density at radius 1 is 1.00 bits per heavy atom. The van der Waals surface area contributed by atoms with E-state index in [-0.39, 0.29) is 0 Å². The van der Waals surface area contributed by atoms with Gasteiger partial charge in [0.1, 0.15) is 0 Å². The van der Waals surface area contributed by atoms with E-state index in [1.165, 1.54) is 50.9 Å². The molecule has 1 aromatic rings. The first-order valence-electron chi connectivity index (χ1n) is 12.1. The van der Waals surface area contributed by atoms with Crippen molar-refractivity contribution in [3.63, 3.8) is 0 Å². The first-order valence-corrected chi connectivity index (χ1v) is 12.1. The molecule has 1 saturated carbocycles.